The van der Waals surface area contributed by atoms with Crippen LogP contribution in [0.4, 0.5) is 5.13 Å². The maximum Gasteiger partial charge on any atom is 0.353 e. The summed E-state index contributed by atoms with van der Waals surface area (Å²) in [4.78, 5) is 42.9. The minimum Gasteiger partial charge on any atom is -0.477 e. The molecule has 0 spiro atoms. The Bertz CT molecular complexity index is 1180. The minimum absolute atomic E-state index is 0.0726. The van der Waals surface area contributed by atoms with E-state index in [0.29, 0.717) is 15.7 Å². The quantitative estimate of drug-likeness (QED) is 0.0911. The predicted octanol–water partition coefficient (Wildman–Crippen LogP) is 0.211. The van der Waals surface area contributed by atoms with Crippen LogP contribution in [0.15, 0.2) is 32.4 Å². The number of carboxylic acids is 1. The van der Waals surface area contributed by atoms with Crippen molar-refractivity contribution in [3.8, 4) is 0 Å². The summed E-state index contributed by atoms with van der Waals surface area (Å²) in [7, 11) is 1.76. The van der Waals surface area contributed by atoms with E-state index >= 15 is 0 Å². The summed E-state index contributed by atoms with van der Waals surface area (Å²) >= 11 is 5.18. The van der Waals surface area contributed by atoms with Crippen molar-refractivity contribution in [2.45, 2.75) is 16.4 Å². The molecule has 174 valence electrons. The number of carbonyl (C=O) groups excluding carboxylic acids is 2. The van der Waals surface area contributed by atoms with E-state index in [-0.39, 0.29) is 22.2 Å². The van der Waals surface area contributed by atoms with Gasteiger partial charge in [0.05, 0.1) is 6.20 Å². The standard InChI is InChI=1S/C16H16N8O5S4/c1-23-8(2-18-22-23)33-5-32-7-4-30-14-10(13(26)24(14)11(7)15(27)28)20-12(25)9(21-29)6-3-31-16(17)19-6/h2-3,10,14,29H,4-5H2,1H3,(H2,17,19)(H,20,25)(H,27,28)/b21-9-/t10-,14+/m1/s1. The summed E-state index contributed by atoms with van der Waals surface area (Å²) < 4.78 is 1.61. The van der Waals surface area contributed by atoms with Gasteiger partial charge in [0.25, 0.3) is 11.8 Å². The maximum absolute atomic E-state index is 12.8. The molecular formula is C16H16N8O5S4. The number of carbonyl (C=O) groups is 3. The number of aromatic nitrogens is 4. The van der Waals surface area contributed by atoms with Crippen molar-refractivity contribution >= 4 is 75.2 Å². The molecule has 1 fully saturated rings. The van der Waals surface area contributed by atoms with Crippen LogP contribution in [-0.2, 0) is 21.4 Å². The lowest BCUT2D eigenvalue weighted by Crippen LogP contribution is -2.71. The second-order valence-electron chi connectivity index (χ2n) is 6.56. The number of thiazole rings is 1. The molecule has 0 aliphatic carbocycles. The van der Waals surface area contributed by atoms with Gasteiger partial charge in [-0.05, 0) is 0 Å². The third-order valence-corrected chi connectivity index (χ3v) is 9.05. The van der Waals surface area contributed by atoms with Crippen LogP contribution in [0.25, 0.3) is 0 Å². The Morgan fingerprint density at radius 3 is 2.82 bits per heavy atom. The number of nitrogens with one attached hydrogen (secondary N) is 1. The molecule has 1 saturated heterocycles. The third-order valence-electron chi connectivity index (χ3n) is 4.62. The molecule has 2 aliphatic heterocycles. The average Bonchev–Trinajstić information content (AvgIpc) is 3.39. The third kappa shape index (κ3) is 4.53. The zero-order chi connectivity index (χ0) is 23.7. The predicted molar refractivity (Wildman–Crippen MR) is 124 cm³/mol. The summed E-state index contributed by atoms with van der Waals surface area (Å²) in [6.45, 7) is 0. The van der Waals surface area contributed by atoms with E-state index in [0.717, 1.165) is 16.4 Å². The Balaban J connectivity index is 1.44. The average molecular weight is 529 g/mol. The van der Waals surface area contributed by atoms with Gasteiger partial charge in [-0.25, -0.2) is 14.5 Å². The molecule has 0 saturated carbocycles. The highest BCUT2D eigenvalue weighted by Gasteiger charge is 2.54. The molecule has 5 N–H and O–H groups in total. The van der Waals surface area contributed by atoms with Gasteiger partial charge >= 0.3 is 5.97 Å². The Morgan fingerprint density at radius 1 is 1.42 bits per heavy atom. The first-order valence-corrected chi connectivity index (χ1v) is 13.0. The molecular weight excluding hydrogens is 512 g/mol. The Hall–Kier alpha value is -2.76. The van der Waals surface area contributed by atoms with Gasteiger partial charge in [-0.15, -0.1) is 40.0 Å². The van der Waals surface area contributed by atoms with Crippen LogP contribution in [0.3, 0.4) is 0 Å². The van der Waals surface area contributed by atoms with E-state index in [9.17, 15) is 24.7 Å². The van der Waals surface area contributed by atoms with Crippen molar-refractivity contribution in [2.24, 2.45) is 12.2 Å². The molecule has 2 aromatic rings. The van der Waals surface area contributed by atoms with Gasteiger partial charge in [-0.1, -0.05) is 22.1 Å². The lowest BCUT2D eigenvalue weighted by Gasteiger charge is -2.49. The van der Waals surface area contributed by atoms with Gasteiger partial charge in [0, 0.05) is 28.2 Å². The number of aliphatic carboxylic acids is 1. The highest BCUT2D eigenvalue weighted by Crippen LogP contribution is 2.44. The summed E-state index contributed by atoms with van der Waals surface area (Å²) in [5, 5.41) is 34.5. The number of rotatable bonds is 8. The largest absolute Gasteiger partial charge is 0.477 e. The monoisotopic (exact) mass is 528 g/mol. The van der Waals surface area contributed by atoms with Crippen molar-refractivity contribution in [3.05, 3.63) is 27.9 Å². The van der Waals surface area contributed by atoms with E-state index in [1.54, 1.807) is 17.9 Å². The summed E-state index contributed by atoms with van der Waals surface area (Å²) in [6, 6.07) is -0.967. The summed E-state index contributed by atoms with van der Waals surface area (Å²) in [6.07, 6.45) is 1.61. The second-order valence-corrected chi connectivity index (χ2v) is 11.0. The maximum atomic E-state index is 12.8. The molecule has 33 heavy (non-hydrogen) atoms. The van der Waals surface area contributed by atoms with E-state index in [2.05, 4.69) is 25.8 Å². The van der Waals surface area contributed by atoms with Gasteiger partial charge in [0.15, 0.2) is 10.8 Å². The van der Waals surface area contributed by atoms with E-state index in [1.807, 2.05) is 0 Å². The number of amides is 2. The van der Waals surface area contributed by atoms with Crippen molar-refractivity contribution in [1.82, 2.24) is 30.2 Å². The van der Waals surface area contributed by atoms with Crippen LogP contribution >= 0.6 is 46.6 Å². The zero-order valence-corrected chi connectivity index (χ0v) is 20.0. The van der Waals surface area contributed by atoms with E-state index in [1.165, 1.54) is 45.6 Å². The number of hydrogen-bond acceptors (Lipinski definition) is 13. The SMILES string of the molecule is Cn1nncc1SCSC1=C(C(=O)O)N2C(=O)[C@@H](NC(=O)/C(=N\O)c3csc(N)n3)[C@@H]2SC1. The summed E-state index contributed by atoms with van der Waals surface area (Å²) in [5.41, 5.74) is 5.14. The zero-order valence-electron chi connectivity index (χ0n) is 16.7. The molecule has 17 heteroatoms. The van der Waals surface area contributed by atoms with Crippen molar-refractivity contribution < 1.29 is 24.7 Å². The van der Waals surface area contributed by atoms with Gasteiger partial charge in [0.2, 0.25) is 0 Å². The topological polar surface area (TPSA) is 189 Å². The Morgan fingerprint density at radius 2 is 2.21 bits per heavy atom. The molecule has 0 bridgehead atoms. The normalized spacial score (nSPS) is 20.5. The van der Waals surface area contributed by atoms with Gasteiger partial charge < -0.3 is 21.4 Å². The number of nitrogen functional groups attached to an aromatic ring is 1. The molecule has 0 radical (unpaired) electrons. The number of thioether (sulfide) groups is 3. The van der Waals surface area contributed by atoms with Crippen molar-refractivity contribution in [3.63, 3.8) is 0 Å². The van der Waals surface area contributed by atoms with Crippen LogP contribution < -0.4 is 11.1 Å². The first kappa shape index (κ1) is 23.4. The minimum atomic E-state index is -1.22. The fourth-order valence-electron chi connectivity index (χ4n) is 3.09. The van der Waals surface area contributed by atoms with Gasteiger partial charge in [-0.3, -0.25) is 14.5 Å². The lowest BCUT2D eigenvalue weighted by molar-refractivity contribution is -0.150. The molecule has 2 atom stereocenters. The van der Waals surface area contributed by atoms with Gasteiger partial charge in [0.1, 0.15) is 27.8 Å². The number of carboxylic acid groups (broad SMARTS) is 1. The number of hydrogen-bond donors (Lipinski definition) is 4. The number of anilines is 1. The van der Waals surface area contributed by atoms with Crippen LogP contribution in [0.2, 0.25) is 0 Å². The number of fused-ring (bicyclic) bond motifs is 1. The van der Waals surface area contributed by atoms with Crippen LogP contribution in [0.1, 0.15) is 5.69 Å². The number of nitrogens with zero attached hydrogens (tertiary/aromatic N) is 6. The highest BCUT2D eigenvalue weighted by molar-refractivity contribution is 8.18. The van der Waals surface area contributed by atoms with Gasteiger partial charge in [-0.2, -0.15) is 0 Å². The molecule has 4 heterocycles. The van der Waals surface area contributed by atoms with Crippen molar-refractivity contribution in [1.29, 1.82) is 0 Å². The fourth-order valence-corrected chi connectivity index (χ4v) is 7.33. The van der Waals surface area contributed by atoms with Crippen molar-refractivity contribution in [2.75, 3.05) is 16.6 Å². The number of oxime groups is 1. The molecule has 2 aliphatic rings. The number of nitrogens with two attached hydrogens (primary N) is 1. The molecule has 13 nitrogen and oxygen atoms in total. The van der Waals surface area contributed by atoms with E-state index < -0.39 is 29.2 Å². The number of aryl methyl sites for hydroxylation is 1. The molecule has 4 rings (SSSR count). The first-order valence-electron chi connectivity index (χ1n) is 9.07. The van der Waals surface area contributed by atoms with E-state index in [4.69, 9.17) is 5.73 Å². The second kappa shape index (κ2) is 9.62. The summed E-state index contributed by atoms with van der Waals surface area (Å²) in [5.74, 6) is -2.23. The molecule has 0 unspecified atom stereocenters. The Labute approximate surface area is 202 Å². The highest BCUT2D eigenvalue weighted by atomic mass is 32.2. The Kier molecular flexibility index (Phi) is 6.82. The van der Waals surface area contributed by atoms with Crippen LogP contribution in [0.5, 0.6) is 0 Å². The molecule has 0 aromatic carbocycles. The fraction of sp³-hybridized carbons (Fsp3) is 0.312. The lowest BCUT2D eigenvalue weighted by atomic mass is 10.0. The molecule has 2 amide bonds. The number of β-lactam (4-membered cyclic amide) rings is 1. The molecule has 2 aromatic heterocycles. The first-order chi connectivity index (χ1) is 15.8. The van der Waals surface area contributed by atoms with Crippen LogP contribution in [0, 0.1) is 0 Å². The van der Waals surface area contributed by atoms with Crippen LogP contribution in [-0.4, -0.2) is 80.9 Å². The smallest absolute Gasteiger partial charge is 0.353 e.